The summed E-state index contributed by atoms with van der Waals surface area (Å²) in [5.41, 5.74) is 13.0. The van der Waals surface area contributed by atoms with E-state index in [-0.39, 0.29) is 17.9 Å². The molecule has 0 bridgehead atoms. The summed E-state index contributed by atoms with van der Waals surface area (Å²) < 4.78 is 20.9. The number of aromatic hydroxyl groups is 1. The summed E-state index contributed by atoms with van der Waals surface area (Å²) in [5, 5.41) is 10.1. The number of esters is 1. The van der Waals surface area contributed by atoms with Gasteiger partial charge in [-0.25, -0.2) is 4.79 Å². The predicted octanol–water partition coefficient (Wildman–Crippen LogP) is 10.7. The fourth-order valence-electron chi connectivity index (χ4n) is 7.27. The molecule has 3 aliphatic carbocycles. The Morgan fingerprint density at radius 3 is 1.43 bits per heavy atom. The molecule has 0 aromatic heterocycles. The first-order valence-electron chi connectivity index (χ1n) is 21.4. The molecule has 350 valence electrons. The van der Waals surface area contributed by atoms with E-state index in [9.17, 15) is 29.1 Å². The van der Waals surface area contributed by atoms with Crippen LogP contribution in [0.5, 0.6) is 23.0 Å². The topological polar surface area (TPSA) is 177 Å². The highest BCUT2D eigenvalue weighted by Crippen LogP contribution is 2.32. The second-order valence-corrected chi connectivity index (χ2v) is 15.7. The average molecular weight is 992 g/mol. The predicted molar refractivity (Wildman–Crippen MR) is 264 cm³/mol. The maximum atomic E-state index is 11.4. The number of phenolic OH excluding ortho intramolecular Hbond substituents is 1. The van der Waals surface area contributed by atoms with Gasteiger partial charge in [-0.1, -0.05) is 125 Å². The number of phenols is 1. The molecule has 6 aromatic carbocycles. The molecule has 12 nitrogen and oxygen atoms in total. The third kappa shape index (κ3) is 14.4. The van der Waals surface area contributed by atoms with Gasteiger partial charge in [0.1, 0.15) is 36.2 Å². The molecule has 3 aliphatic rings. The largest absolute Gasteiger partial charge is 0.507 e. The van der Waals surface area contributed by atoms with Gasteiger partial charge in [-0.15, -0.1) is 0 Å². The highest BCUT2D eigenvalue weighted by Gasteiger charge is 2.17. The molecule has 0 heterocycles. The Morgan fingerprint density at radius 2 is 1.01 bits per heavy atom. The molecule has 0 fully saturated rings. The van der Waals surface area contributed by atoms with E-state index in [4.69, 9.17) is 23.8 Å². The van der Waals surface area contributed by atoms with Crippen LogP contribution in [-0.4, -0.2) is 49.7 Å². The number of carbonyl (C=O) groups is 5. The standard InChI is InChI=1S/C18H14O4.C18H16O2.C10H8O2.C9H9BrO2.CO2/c19-10-17-16-3-1-2-14(16)6-9-18(17)21-11-13-4-7-15(8-5-13)22-12-20;1-13-5-7-14(8-6-13)12-20-18-10-9-15-3-2-4-16(15)17(18)11-19;11-6-9-8-3-1-2-7(8)4-5-10(9)12;1-12-9(11)8-4-2-7(6-10)3-5-8;2-1-3/h1-2,4-10,12H,3,11H2;2-3,5-11H,4,12H2,1H3;1-2,4-6,12H,3H2;2-5H,6H2,1H3;. The summed E-state index contributed by atoms with van der Waals surface area (Å²) in [5.74, 6) is 1.52. The maximum Gasteiger partial charge on any atom is 0.373 e. The number of rotatable bonds is 13. The van der Waals surface area contributed by atoms with Gasteiger partial charge in [-0.3, -0.25) is 19.2 Å². The van der Waals surface area contributed by atoms with Gasteiger partial charge in [0.05, 0.1) is 29.4 Å². The number of allylic oxidation sites excluding steroid dienone is 3. The number of hydrogen-bond donors (Lipinski definition) is 1. The first-order chi connectivity index (χ1) is 33.6. The molecule has 9 rings (SSSR count). The Hall–Kier alpha value is -8.25. The molecular weight excluding hydrogens is 945 g/mol. The number of halogens is 1. The van der Waals surface area contributed by atoms with Crippen LogP contribution in [-0.2, 0) is 56.9 Å². The smallest absolute Gasteiger partial charge is 0.373 e. The lowest BCUT2D eigenvalue weighted by Crippen LogP contribution is -2.01. The molecule has 0 saturated heterocycles. The van der Waals surface area contributed by atoms with Gasteiger partial charge in [0.15, 0.2) is 18.9 Å². The van der Waals surface area contributed by atoms with Crippen molar-refractivity contribution < 1.29 is 57.6 Å². The SMILES string of the molecule is COC(=O)c1ccc(CBr)cc1.Cc1ccc(COc2ccc3c(c2C=O)CC=C3)cc1.O=C=O.O=COc1ccc(COc2ccc3c(c2C=O)CC=C3)cc1.O=Cc1c(O)ccc2c1CC=C2. The molecule has 6 aromatic rings. The lowest BCUT2D eigenvalue weighted by atomic mass is 10.0. The van der Waals surface area contributed by atoms with Crippen LogP contribution in [0.25, 0.3) is 18.2 Å². The van der Waals surface area contributed by atoms with E-state index in [0.717, 1.165) is 87.2 Å². The first kappa shape index (κ1) is 51.7. The van der Waals surface area contributed by atoms with Gasteiger partial charge in [-0.2, -0.15) is 9.59 Å². The summed E-state index contributed by atoms with van der Waals surface area (Å²) >= 11 is 3.32. The van der Waals surface area contributed by atoms with Crippen LogP contribution in [0.4, 0.5) is 0 Å². The van der Waals surface area contributed by atoms with Crippen molar-refractivity contribution in [2.24, 2.45) is 0 Å². The number of fused-ring (bicyclic) bond motifs is 3. The Bertz CT molecular complexity index is 2870. The lowest BCUT2D eigenvalue weighted by Gasteiger charge is -2.12. The third-order valence-electron chi connectivity index (χ3n) is 10.8. The summed E-state index contributed by atoms with van der Waals surface area (Å²) in [4.78, 5) is 70.8. The van der Waals surface area contributed by atoms with E-state index in [0.29, 0.717) is 65.5 Å². The quantitative estimate of drug-likeness (QED) is 0.0659. The van der Waals surface area contributed by atoms with Crippen molar-refractivity contribution >= 4 is 71.6 Å². The number of alkyl halides is 1. The van der Waals surface area contributed by atoms with Crippen molar-refractivity contribution in [3.05, 3.63) is 205 Å². The highest BCUT2D eigenvalue weighted by atomic mass is 79.9. The van der Waals surface area contributed by atoms with Crippen molar-refractivity contribution in [3.8, 4) is 23.0 Å². The molecule has 0 atom stereocenters. The maximum absolute atomic E-state index is 11.4. The molecule has 0 aliphatic heterocycles. The van der Waals surface area contributed by atoms with Gasteiger partial charge in [0, 0.05) is 5.33 Å². The second-order valence-electron chi connectivity index (χ2n) is 15.2. The lowest BCUT2D eigenvalue weighted by molar-refractivity contribution is -0.191. The van der Waals surface area contributed by atoms with Crippen LogP contribution in [0.1, 0.15) is 97.1 Å². The molecule has 69 heavy (non-hydrogen) atoms. The minimum absolute atomic E-state index is 0.0763. The minimum atomic E-state index is -0.295. The monoisotopic (exact) mass is 990 g/mol. The van der Waals surface area contributed by atoms with Gasteiger partial charge in [0.25, 0.3) is 6.47 Å². The number of aryl methyl sites for hydroxylation is 1. The van der Waals surface area contributed by atoms with Crippen LogP contribution in [0.2, 0.25) is 0 Å². The zero-order chi connectivity index (χ0) is 49.5. The molecular formula is C56H47BrO12. The Kier molecular flexibility index (Phi) is 20.1. The number of aldehydes is 3. The zero-order valence-electron chi connectivity index (χ0n) is 37.7. The van der Waals surface area contributed by atoms with Crippen LogP contribution in [0, 0.1) is 6.92 Å². The van der Waals surface area contributed by atoms with Crippen molar-refractivity contribution in [3.63, 3.8) is 0 Å². The number of hydrogen-bond acceptors (Lipinski definition) is 12. The molecule has 0 spiro atoms. The Labute approximate surface area is 407 Å². The minimum Gasteiger partial charge on any atom is -0.507 e. The van der Waals surface area contributed by atoms with Crippen LogP contribution >= 0.6 is 15.9 Å². The summed E-state index contributed by atoms with van der Waals surface area (Å²) in [7, 11) is 1.38. The zero-order valence-corrected chi connectivity index (χ0v) is 39.3. The van der Waals surface area contributed by atoms with Crippen molar-refractivity contribution in [2.45, 2.75) is 44.7 Å². The highest BCUT2D eigenvalue weighted by molar-refractivity contribution is 9.08. The fraction of sp³-hybridized carbons (Fsp3) is 0.143. The van der Waals surface area contributed by atoms with E-state index in [2.05, 4.69) is 45.8 Å². The molecule has 1 N–H and O–H groups in total. The Morgan fingerprint density at radius 1 is 0.594 bits per heavy atom. The van der Waals surface area contributed by atoms with Gasteiger partial charge in [-0.05, 0) is 119 Å². The Balaban J connectivity index is 0.000000174. The average Bonchev–Trinajstić information content (AvgIpc) is 4.19. The van der Waals surface area contributed by atoms with Crippen molar-refractivity contribution in [2.75, 3.05) is 7.11 Å². The summed E-state index contributed by atoms with van der Waals surface area (Å²) in [6, 6.07) is 33.6. The van der Waals surface area contributed by atoms with Crippen molar-refractivity contribution in [1.82, 2.24) is 0 Å². The van der Waals surface area contributed by atoms with Gasteiger partial charge < -0.3 is 24.1 Å². The summed E-state index contributed by atoms with van der Waals surface area (Å²) in [6.45, 7) is 3.27. The number of carbonyl (C=O) groups excluding carboxylic acids is 7. The van der Waals surface area contributed by atoms with E-state index in [1.54, 1.807) is 30.3 Å². The number of benzene rings is 6. The van der Waals surface area contributed by atoms with Gasteiger partial charge >= 0.3 is 12.1 Å². The number of ether oxygens (including phenoxy) is 4. The third-order valence-corrected chi connectivity index (χ3v) is 11.5. The van der Waals surface area contributed by atoms with E-state index < -0.39 is 0 Å². The van der Waals surface area contributed by atoms with Crippen molar-refractivity contribution in [1.29, 1.82) is 0 Å². The van der Waals surface area contributed by atoms with Gasteiger partial charge in [0.2, 0.25) is 0 Å². The summed E-state index contributed by atoms with van der Waals surface area (Å²) in [6.07, 6.45) is 17.1. The molecule has 13 heteroatoms. The fourth-order valence-corrected chi connectivity index (χ4v) is 7.64. The van der Waals surface area contributed by atoms with E-state index in [1.165, 1.54) is 12.7 Å². The number of methoxy groups -OCH3 is 1. The molecule has 0 amide bonds. The van der Waals surface area contributed by atoms with E-state index >= 15 is 0 Å². The normalized spacial score (nSPS) is 11.3. The van der Waals surface area contributed by atoms with Crippen LogP contribution < -0.4 is 14.2 Å². The second kappa shape index (κ2) is 26.8. The van der Waals surface area contributed by atoms with E-state index in [1.807, 2.05) is 97.1 Å². The molecule has 0 saturated carbocycles. The first-order valence-corrected chi connectivity index (χ1v) is 22.5. The van der Waals surface area contributed by atoms with Crippen LogP contribution in [0.15, 0.2) is 127 Å². The molecule has 0 unspecified atom stereocenters. The molecule has 0 radical (unpaired) electrons. The van der Waals surface area contributed by atoms with Crippen LogP contribution in [0.3, 0.4) is 0 Å².